The molecule has 136 valence electrons. The van der Waals surface area contributed by atoms with Gasteiger partial charge in [-0.05, 0) is 18.2 Å². The molecule has 1 N–H and O–H groups in total. The highest BCUT2D eigenvalue weighted by Crippen LogP contribution is 2.23. The Kier molecular flexibility index (Phi) is 5.86. The zero-order valence-electron chi connectivity index (χ0n) is 15.1. The quantitative estimate of drug-likeness (QED) is 0.675. The number of hydrogen-bond donors (Lipinski definition) is 1. The van der Waals surface area contributed by atoms with Crippen LogP contribution in [0, 0.1) is 0 Å². The van der Waals surface area contributed by atoms with Crippen LogP contribution in [0.25, 0.3) is 11.0 Å². The Morgan fingerprint density at radius 2 is 1.88 bits per heavy atom. The van der Waals surface area contributed by atoms with Crippen LogP contribution in [0.3, 0.4) is 0 Å². The molecule has 0 aliphatic rings. The zero-order valence-corrected chi connectivity index (χ0v) is 15.1. The fourth-order valence-corrected chi connectivity index (χ4v) is 2.99. The summed E-state index contributed by atoms with van der Waals surface area (Å²) in [5.74, 6) is 1.65. The van der Waals surface area contributed by atoms with E-state index in [-0.39, 0.29) is 12.5 Å². The van der Waals surface area contributed by atoms with Crippen LogP contribution < -0.4 is 10.1 Å². The topological polar surface area (TPSA) is 65.4 Å². The van der Waals surface area contributed by atoms with Gasteiger partial charge in [0, 0.05) is 25.6 Å². The molecule has 1 aromatic heterocycles. The minimum atomic E-state index is -0.125. The molecule has 6 heteroatoms. The molecule has 0 radical (unpaired) electrons. The van der Waals surface area contributed by atoms with Gasteiger partial charge in [-0.15, -0.1) is 0 Å². The number of fused-ring (bicyclic) bond motifs is 1. The molecule has 0 unspecified atom stereocenters. The predicted molar refractivity (Wildman–Crippen MR) is 100 cm³/mol. The highest BCUT2D eigenvalue weighted by atomic mass is 16.5. The molecule has 1 amide bonds. The van der Waals surface area contributed by atoms with E-state index >= 15 is 0 Å². The second kappa shape index (κ2) is 8.49. The van der Waals surface area contributed by atoms with E-state index in [9.17, 15) is 4.79 Å². The summed E-state index contributed by atoms with van der Waals surface area (Å²) < 4.78 is 12.5. The van der Waals surface area contributed by atoms with Crippen molar-refractivity contribution in [2.24, 2.45) is 0 Å². The summed E-state index contributed by atoms with van der Waals surface area (Å²) >= 11 is 0. The van der Waals surface area contributed by atoms with Gasteiger partial charge < -0.3 is 19.4 Å². The van der Waals surface area contributed by atoms with Crippen LogP contribution in [0.4, 0.5) is 0 Å². The van der Waals surface area contributed by atoms with E-state index in [0.29, 0.717) is 19.5 Å². The van der Waals surface area contributed by atoms with Gasteiger partial charge in [-0.1, -0.05) is 30.3 Å². The summed E-state index contributed by atoms with van der Waals surface area (Å²) in [5, 5.41) is 2.85. The molecule has 0 fully saturated rings. The number of amides is 1. The highest BCUT2D eigenvalue weighted by Gasteiger charge is 2.13. The third kappa shape index (κ3) is 4.03. The maximum atomic E-state index is 11.6. The fraction of sp³-hybridized carbons (Fsp3) is 0.300. The van der Waals surface area contributed by atoms with Crippen LogP contribution >= 0.6 is 0 Å². The first-order chi connectivity index (χ1) is 12.7. The molecule has 3 rings (SSSR count). The average Bonchev–Trinajstić information content (AvgIpc) is 3.00. The smallest absolute Gasteiger partial charge is 0.245 e. The second-order valence-corrected chi connectivity index (χ2v) is 5.95. The summed E-state index contributed by atoms with van der Waals surface area (Å²) in [7, 11) is 3.18. The lowest BCUT2D eigenvalue weighted by Crippen LogP contribution is -2.29. The van der Waals surface area contributed by atoms with Crippen molar-refractivity contribution in [2.45, 2.75) is 13.0 Å². The molecule has 0 saturated heterocycles. The first-order valence-corrected chi connectivity index (χ1v) is 8.54. The number of carbonyl (C=O) groups is 1. The van der Waals surface area contributed by atoms with Crippen LogP contribution in [-0.2, 0) is 22.5 Å². The van der Waals surface area contributed by atoms with Gasteiger partial charge in [0.15, 0.2) is 0 Å². The number of ether oxygens (including phenoxy) is 2. The normalized spacial score (nSPS) is 10.8. The van der Waals surface area contributed by atoms with E-state index in [0.717, 1.165) is 28.2 Å². The minimum absolute atomic E-state index is 0.0671. The summed E-state index contributed by atoms with van der Waals surface area (Å²) in [4.78, 5) is 16.3. The Balaban J connectivity index is 1.86. The molecule has 0 atom stereocenters. The van der Waals surface area contributed by atoms with E-state index < -0.39 is 0 Å². The summed E-state index contributed by atoms with van der Waals surface area (Å²) in [6.45, 7) is 1.24. The van der Waals surface area contributed by atoms with Gasteiger partial charge in [0.2, 0.25) is 5.91 Å². The van der Waals surface area contributed by atoms with Crippen molar-refractivity contribution >= 4 is 16.9 Å². The lowest BCUT2D eigenvalue weighted by atomic mass is 10.2. The van der Waals surface area contributed by atoms with Crippen LogP contribution in [0.1, 0.15) is 11.4 Å². The second-order valence-electron chi connectivity index (χ2n) is 5.95. The molecule has 0 aliphatic heterocycles. The van der Waals surface area contributed by atoms with E-state index in [2.05, 4.69) is 22.0 Å². The van der Waals surface area contributed by atoms with Gasteiger partial charge in [-0.25, -0.2) is 4.98 Å². The summed E-state index contributed by atoms with van der Waals surface area (Å²) in [6.07, 6.45) is 0.638. The van der Waals surface area contributed by atoms with E-state index in [1.165, 1.54) is 7.11 Å². The molecule has 0 aliphatic carbocycles. The molecular formula is C20H23N3O3. The summed E-state index contributed by atoms with van der Waals surface area (Å²) in [6, 6.07) is 16.0. The number of hydrogen-bond acceptors (Lipinski definition) is 4. The fourth-order valence-electron chi connectivity index (χ4n) is 2.99. The monoisotopic (exact) mass is 353 g/mol. The maximum Gasteiger partial charge on any atom is 0.245 e. The van der Waals surface area contributed by atoms with Crippen molar-refractivity contribution in [3.8, 4) is 5.75 Å². The number of imidazole rings is 1. The SMILES string of the molecule is COCC(=O)NCCc1nc2ccccc2n1Cc1ccccc1OC. The Bertz CT molecular complexity index is 889. The van der Waals surface area contributed by atoms with Crippen molar-refractivity contribution in [3.63, 3.8) is 0 Å². The van der Waals surface area contributed by atoms with E-state index in [1.807, 2.05) is 36.4 Å². The standard InChI is InChI=1S/C20H23N3O3/c1-25-14-20(24)21-12-11-19-22-16-8-4-5-9-17(16)23(19)13-15-7-3-6-10-18(15)26-2/h3-10H,11-14H2,1-2H3,(H,21,24). The Morgan fingerprint density at radius 1 is 1.12 bits per heavy atom. The molecule has 26 heavy (non-hydrogen) atoms. The third-order valence-corrected chi connectivity index (χ3v) is 4.20. The first kappa shape index (κ1) is 17.9. The number of para-hydroxylation sites is 3. The van der Waals surface area contributed by atoms with Crippen LogP contribution in [0.5, 0.6) is 5.75 Å². The van der Waals surface area contributed by atoms with Crippen LogP contribution in [0.2, 0.25) is 0 Å². The van der Waals surface area contributed by atoms with Crippen molar-refractivity contribution in [1.82, 2.24) is 14.9 Å². The first-order valence-electron chi connectivity index (χ1n) is 8.54. The number of methoxy groups -OCH3 is 2. The van der Waals surface area contributed by atoms with Crippen molar-refractivity contribution in [1.29, 1.82) is 0 Å². The van der Waals surface area contributed by atoms with Gasteiger partial charge in [-0.2, -0.15) is 0 Å². The summed E-state index contributed by atoms with van der Waals surface area (Å²) in [5.41, 5.74) is 3.10. The number of nitrogens with one attached hydrogen (secondary N) is 1. The molecule has 3 aromatic rings. The molecule has 0 spiro atoms. The van der Waals surface area contributed by atoms with Gasteiger partial charge in [0.05, 0.1) is 24.7 Å². The average molecular weight is 353 g/mol. The van der Waals surface area contributed by atoms with Crippen molar-refractivity contribution in [3.05, 3.63) is 59.9 Å². The number of nitrogens with zero attached hydrogens (tertiary/aromatic N) is 2. The lowest BCUT2D eigenvalue weighted by molar-refractivity contribution is -0.124. The largest absolute Gasteiger partial charge is 0.496 e. The van der Waals surface area contributed by atoms with Gasteiger partial charge in [-0.3, -0.25) is 4.79 Å². The molecule has 6 nitrogen and oxygen atoms in total. The Morgan fingerprint density at radius 3 is 2.69 bits per heavy atom. The van der Waals surface area contributed by atoms with Gasteiger partial charge in [0.25, 0.3) is 0 Å². The maximum absolute atomic E-state index is 11.6. The van der Waals surface area contributed by atoms with Gasteiger partial charge >= 0.3 is 0 Å². The Hall–Kier alpha value is -2.86. The van der Waals surface area contributed by atoms with Crippen LogP contribution in [0.15, 0.2) is 48.5 Å². The van der Waals surface area contributed by atoms with E-state index in [4.69, 9.17) is 14.5 Å². The number of benzene rings is 2. The number of carbonyl (C=O) groups excluding carboxylic acids is 1. The predicted octanol–water partition coefficient (Wildman–Crippen LogP) is 2.40. The molecule has 0 bridgehead atoms. The molecule has 2 aromatic carbocycles. The number of aromatic nitrogens is 2. The van der Waals surface area contributed by atoms with Crippen LogP contribution in [-0.4, -0.2) is 42.8 Å². The molecule has 1 heterocycles. The number of rotatable bonds is 8. The lowest BCUT2D eigenvalue weighted by Gasteiger charge is -2.13. The Labute approximate surface area is 152 Å². The zero-order chi connectivity index (χ0) is 18.4. The molecule has 0 saturated carbocycles. The molecular weight excluding hydrogens is 330 g/mol. The van der Waals surface area contributed by atoms with Crippen molar-refractivity contribution < 1.29 is 14.3 Å². The third-order valence-electron chi connectivity index (χ3n) is 4.20. The minimum Gasteiger partial charge on any atom is -0.496 e. The van der Waals surface area contributed by atoms with Crippen molar-refractivity contribution in [2.75, 3.05) is 27.4 Å². The van der Waals surface area contributed by atoms with E-state index in [1.54, 1.807) is 7.11 Å². The van der Waals surface area contributed by atoms with Gasteiger partial charge in [0.1, 0.15) is 18.2 Å². The highest BCUT2D eigenvalue weighted by molar-refractivity contribution is 5.77.